The monoisotopic (exact) mass is 286 g/mol. The number of halogens is 1. The lowest BCUT2D eigenvalue weighted by molar-refractivity contribution is -0.117. The number of amides is 1. The van der Waals surface area contributed by atoms with Crippen molar-refractivity contribution in [2.75, 3.05) is 17.2 Å². The van der Waals surface area contributed by atoms with Crippen molar-refractivity contribution in [3.63, 3.8) is 0 Å². The van der Waals surface area contributed by atoms with Crippen LogP contribution in [0.1, 0.15) is 6.42 Å². The highest BCUT2D eigenvalue weighted by Crippen LogP contribution is 2.30. The van der Waals surface area contributed by atoms with Gasteiger partial charge in [-0.2, -0.15) is 12.6 Å². The first-order valence-electron chi connectivity index (χ1n) is 4.73. The smallest absolute Gasteiger partial charge is 0.227 e. The predicted octanol–water partition coefficient (Wildman–Crippen LogP) is 2.13. The van der Waals surface area contributed by atoms with Crippen molar-refractivity contribution in [1.29, 1.82) is 0 Å². The quantitative estimate of drug-likeness (QED) is 0.845. The first kappa shape index (κ1) is 11.0. The second-order valence-electron chi connectivity index (χ2n) is 3.58. The molecule has 1 aromatic heterocycles. The fourth-order valence-electron chi connectivity index (χ4n) is 1.72. The number of rotatable bonds is 2. The molecule has 2 heterocycles. The van der Waals surface area contributed by atoms with Gasteiger partial charge in [0.2, 0.25) is 5.91 Å². The minimum Gasteiger partial charge on any atom is -0.311 e. The van der Waals surface area contributed by atoms with Crippen LogP contribution < -0.4 is 4.90 Å². The van der Waals surface area contributed by atoms with E-state index in [1.165, 1.54) is 0 Å². The van der Waals surface area contributed by atoms with Gasteiger partial charge in [0.25, 0.3) is 0 Å². The van der Waals surface area contributed by atoms with Crippen LogP contribution in [0.15, 0.2) is 22.9 Å². The molecule has 2 rings (SSSR count). The van der Waals surface area contributed by atoms with Crippen LogP contribution in [-0.2, 0) is 4.79 Å². The zero-order chi connectivity index (χ0) is 10.8. The lowest BCUT2D eigenvalue weighted by Gasteiger charge is -2.17. The highest BCUT2D eigenvalue weighted by Gasteiger charge is 2.30. The lowest BCUT2D eigenvalue weighted by atomic mass is 10.1. The van der Waals surface area contributed by atoms with Gasteiger partial charge in [-0.3, -0.25) is 9.78 Å². The molecule has 0 aliphatic carbocycles. The molecule has 0 saturated carbocycles. The maximum absolute atomic E-state index is 11.7. The molecule has 0 N–H and O–H groups in total. The molecule has 1 saturated heterocycles. The van der Waals surface area contributed by atoms with Crippen molar-refractivity contribution in [3.8, 4) is 0 Å². The number of hydrogen-bond acceptors (Lipinski definition) is 3. The van der Waals surface area contributed by atoms with E-state index in [1.807, 2.05) is 6.07 Å². The summed E-state index contributed by atoms with van der Waals surface area (Å²) in [5.41, 5.74) is 0.902. The molecule has 0 bridgehead atoms. The molecule has 3 nitrogen and oxygen atoms in total. The molecule has 0 spiro atoms. The van der Waals surface area contributed by atoms with Gasteiger partial charge in [0.1, 0.15) is 0 Å². The number of carbonyl (C=O) groups is 1. The van der Waals surface area contributed by atoms with Crippen LogP contribution >= 0.6 is 28.6 Å². The number of hydrogen-bond donors (Lipinski definition) is 1. The first-order chi connectivity index (χ1) is 7.22. The van der Waals surface area contributed by atoms with Gasteiger partial charge in [-0.1, -0.05) is 0 Å². The molecule has 15 heavy (non-hydrogen) atoms. The summed E-state index contributed by atoms with van der Waals surface area (Å²) < 4.78 is 0.859. The number of aromatic nitrogens is 1. The normalized spacial score (nSPS) is 21.1. The zero-order valence-electron chi connectivity index (χ0n) is 8.06. The first-order valence-corrected chi connectivity index (χ1v) is 6.15. The highest BCUT2D eigenvalue weighted by atomic mass is 79.9. The van der Waals surface area contributed by atoms with Crippen molar-refractivity contribution >= 4 is 40.2 Å². The molecular formula is C10H11BrN2OS. The second-order valence-corrected chi connectivity index (χ2v) is 4.80. The van der Waals surface area contributed by atoms with Crippen LogP contribution in [0.2, 0.25) is 0 Å². The van der Waals surface area contributed by atoms with E-state index in [1.54, 1.807) is 17.3 Å². The van der Waals surface area contributed by atoms with Gasteiger partial charge in [0.05, 0.1) is 10.2 Å². The van der Waals surface area contributed by atoms with Crippen LogP contribution in [-0.4, -0.2) is 23.2 Å². The lowest BCUT2D eigenvalue weighted by Crippen LogP contribution is -2.25. The molecule has 5 heteroatoms. The summed E-state index contributed by atoms with van der Waals surface area (Å²) in [5, 5.41) is 0. The third kappa shape index (κ3) is 2.18. The number of carbonyl (C=O) groups excluding carboxylic acids is 1. The Balaban J connectivity index is 2.25. The Labute approximate surface area is 102 Å². The van der Waals surface area contributed by atoms with Crippen molar-refractivity contribution in [2.45, 2.75) is 6.42 Å². The average Bonchev–Trinajstić information content (AvgIpc) is 2.60. The Bertz CT molecular complexity index is 385. The molecular weight excluding hydrogens is 276 g/mol. The van der Waals surface area contributed by atoms with Gasteiger partial charge < -0.3 is 4.90 Å². The Hall–Kier alpha value is -0.550. The molecule has 1 aliphatic heterocycles. The standard InChI is InChI=1S/C10H11BrN2OS/c11-8-4-12-2-1-9(8)13-5-7(6-15)3-10(13)14/h1-2,4,7,15H,3,5-6H2. The minimum absolute atomic E-state index is 0.168. The maximum Gasteiger partial charge on any atom is 0.227 e. The fraction of sp³-hybridized carbons (Fsp3) is 0.400. The zero-order valence-corrected chi connectivity index (χ0v) is 10.5. The fourth-order valence-corrected chi connectivity index (χ4v) is 2.43. The summed E-state index contributed by atoms with van der Waals surface area (Å²) in [7, 11) is 0. The van der Waals surface area contributed by atoms with Crippen LogP contribution in [0.5, 0.6) is 0 Å². The van der Waals surface area contributed by atoms with E-state index in [-0.39, 0.29) is 5.91 Å². The Morgan fingerprint density at radius 1 is 1.67 bits per heavy atom. The summed E-state index contributed by atoms with van der Waals surface area (Å²) >= 11 is 7.63. The van der Waals surface area contributed by atoms with E-state index in [0.717, 1.165) is 22.5 Å². The van der Waals surface area contributed by atoms with E-state index < -0.39 is 0 Å². The summed E-state index contributed by atoms with van der Waals surface area (Å²) in [4.78, 5) is 17.5. The van der Waals surface area contributed by atoms with Crippen molar-refractivity contribution < 1.29 is 4.79 Å². The van der Waals surface area contributed by atoms with E-state index in [0.29, 0.717) is 12.3 Å². The van der Waals surface area contributed by atoms with Crippen molar-refractivity contribution in [2.24, 2.45) is 5.92 Å². The van der Waals surface area contributed by atoms with Crippen LogP contribution in [0.4, 0.5) is 5.69 Å². The van der Waals surface area contributed by atoms with Crippen LogP contribution in [0, 0.1) is 5.92 Å². The predicted molar refractivity (Wildman–Crippen MR) is 66.3 cm³/mol. The van der Waals surface area contributed by atoms with Gasteiger partial charge in [0.15, 0.2) is 0 Å². The van der Waals surface area contributed by atoms with Gasteiger partial charge >= 0.3 is 0 Å². The third-order valence-electron chi connectivity index (χ3n) is 2.51. The third-order valence-corrected chi connectivity index (χ3v) is 3.63. The average molecular weight is 287 g/mol. The largest absolute Gasteiger partial charge is 0.311 e. The van der Waals surface area contributed by atoms with Crippen LogP contribution in [0.3, 0.4) is 0 Å². The Morgan fingerprint density at radius 2 is 2.47 bits per heavy atom. The summed E-state index contributed by atoms with van der Waals surface area (Å²) in [6.07, 6.45) is 4.00. The Morgan fingerprint density at radius 3 is 3.07 bits per heavy atom. The Kier molecular flexibility index (Phi) is 3.31. The van der Waals surface area contributed by atoms with Crippen molar-refractivity contribution in [3.05, 3.63) is 22.9 Å². The number of pyridine rings is 1. The number of nitrogens with zero attached hydrogens (tertiary/aromatic N) is 2. The molecule has 1 fully saturated rings. The molecule has 0 aromatic carbocycles. The van der Waals surface area contributed by atoms with Gasteiger partial charge in [-0.25, -0.2) is 0 Å². The van der Waals surface area contributed by atoms with E-state index in [9.17, 15) is 4.79 Å². The highest BCUT2D eigenvalue weighted by molar-refractivity contribution is 9.10. The molecule has 1 unspecified atom stereocenters. The second kappa shape index (κ2) is 4.53. The molecule has 1 aromatic rings. The molecule has 1 amide bonds. The van der Waals surface area contributed by atoms with Gasteiger partial charge in [0, 0.05) is 25.4 Å². The van der Waals surface area contributed by atoms with Gasteiger partial charge in [-0.05, 0) is 33.7 Å². The van der Waals surface area contributed by atoms with Crippen molar-refractivity contribution in [1.82, 2.24) is 4.98 Å². The summed E-state index contributed by atoms with van der Waals surface area (Å²) in [6, 6.07) is 1.85. The van der Waals surface area contributed by atoms with Gasteiger partial charge in [-0.15, -0.1) is 0 Å². The molecule has 80 valence electrons. The SMILES string of the molecule is O=C1CC(CS)CN1c1ccncc1Br. The van der Waals surface area contributed by atoms with E-state index in [4.69, 9.17) is 0 Å². The number of anilines is 1. The van der Waals surface area contributed by atoms with E-state index in [2.05, 4.69) is 33.5 Å². The molecule has 0 radical (unpaired) electrons. The van der Waals surface area contributed by atoms with E-state index >= 15 is 0 Å². The number of thiol groups is 1. The van der Waals surface area contributed by atoms with Crippen LogP contribution in [0.25, 0.3) is 0 Å². The summed E-state index contributed by atoms with van der Waals surface area (Å²) in [5.74, 6) is 1.28. The topological polar surface area (TPSA) is 33.2 Å². The minimum atomic E-state index is 0.168. The molecule has 1 aliphatic rings. The summed E-state index contributed by atoms with van der Waals surface area (Å²) in [6.45, 7) is 0.755. The molecule has 1 atom stereocenters. The maximum atomic E-state index is 11.7.